The number of pyridine rings is 1. The molecule has 0 unspecified atom stereocenters. The summed E-state index contributed by atoms with van der Waals surface area (Å²) < 4.78 is 0. The largest absolute Gasteiger partial charge is 0.384 e. The average Bonchev–Trinajstić information content (AvgIpc) is 2.59. The third kappa shape index (κ3) is 4.89. The van der Waals surface area contributed by atoms with E-state index >= 15 is 0 Å². The van der Waals surface area contributed by atoms with Crippen molar-refractivity contribution in [2.75, 3.05) is 5.73 Å². The first kappa shape index (κ1) is 18.1. The quantitative estimate of drug-likeness (QED) is 0.475. The van der Waals surface area contributed by atoms with Crippen LogP contribution < -0.4 is 5.73 Å². The van der Waals surface area contributed by atoms with Gasteiger partial charge in [-0.2, -0.15) is 0 Å². The van der Waals surface area contributed by atoms with Gasteiger partial charge in [0.05, 0.1) is 0 Å². The molecule has 0 radical (unpaired) electrons. The Morgan fingerprint density at radius 1 is 1.42 bits per heavy atom. The van der Waals surface area contributed by atoms with Crippen LogP contribution in [0.3, 0.4) is 0 Å². The highest BCUT2D eigenvalue weighted by Crippen LogP contribution is 2.27. The van der Waals surface area contributed by atoms with Gasteiger partial charge in [0, 0.05) is 30.4 Å². The number of anilines is 1. The molecule has 0 aromatic carbocycles. The molecule has 24 heavy (non-hydrogen) atoms. The third-order valence-corrected chi connectivity index (χ3v) is 4.89. The van der Waals surface area contributed by atoms with Gasteiger partial charge in [0.15, 0.2) is 0 Å². The zero-order chi connectivity index (χ0) is 17.5. The molecular weight excluding hydrogens is 294 g/mol. The van der Waals surface area contributed by atoms with E-state index in [1.165, 1.54) is 37.7 Å². The number of nitrogens with zero attached hydrogens (tertiary/aromatic N) is 2. The van der Waals surface area contributed by atoms with Crippen LogP contribution in [-0.4, -0.2) is 15.9 Å². The lowest BCUT2D eigenvalue weighted by molar-refractivity contribution is 0.287. The zero-order valence-electron chi connectivity index (χ0n) is 15.0. The molecule has 0 saturated heterocycles. The highest BCUT2D eigenvalue weighted by atomic mass is 15.1. The topological polar surface area (TPSA) is 42.1 Å². The fourth-order valence-electron chi connectivity index (χ4n) is 3.43. The summed E-state index contributed by atoms with van der Waals surface area (Å²) in [6.07, 6.45) is 16.9. The van der Waals surface area contributed by atoms with E-state index in [-0.39, 0.29) is 5.92 Å². The van der Waals surface area contributed by atoms with Gasteiger partial charge in [-0.3, -0.25) is 0 Å². The van der Waals surface area contributed by atoms with E-state index in [0.29, 0.717) is 11.9 Å². The van der Waals surface area contributed by atoms with Crippen LogP contribution in [0.25, 0.3) is 0 Å². The summed E-state index contributed by atoms with van der Waals surface area (Å²) >= 11 is 0. The maximum Gasteiger partial charge on any atom is 0.123 e. The van der Waals surface area contributed by atoms with Crippen molar-refractivity contribution in [2.45, 2.75) is 58.4 Å². The highest BCUT2D eigenvalue weighted by molar-refractivity contribution is 5.31. The summed E-state index contributed by atoms with van der Waals surface area (Å²) in [4.78, 5) is 6.26. The molecule has 3 heteroatoms. The van der Waals surface area contributed by atoms with Crippen molar-refractivity contribution < 1.29 is 0 Å². The van der Waals surface area contributed by atoms with Crippen LogP contribution in [0.2, 0.25) is 0 Å². The predicted molar refractivity (Wildman–Crippen MR) is 102 cm³/mol. The SMILES string of the molecule is C#CN(/C=C(\C)[C@@H](Cc1ccc(N)nc1)C(=C)C)C1CCCCC1. The fourth-order valence-corrected chi connectivity index (χ4v) is 3.43. The van der Waals surface area contributed by atoms with Crippen LogP contribution in [-0.2, 0) is 6.42 Å². The normalized spacial score (nSPS) is 17.1. The van der Waals surface area contributed by atoms with Crippen molar-refractivity contribution in [1.29, 1.82) is 0 Å². The molecule has 2 rings (SSSR count). The zero-order valence-corrected chi connectivity index (χ0v) is 15.0. The molecule has 1 aliphatic carbocycles. The summed E-state index contributed by atoms with van der Waals surface area (Å²) in [6, 6.07) is 7.22. The van der Waals surface area contributed by atoms with E-state index < -0.39 is 0 Å². The van der Waals surface area contributed by atoms with Crippen LogP contribution in [0.1, 0.15) is 51.5 Å². The first-order valence-electron chi connectivity index (χ1n) is 8.80. The molecule has 2 N–H and O–H groups in total. The smallest absolute Gasteiger partial charge is 0.123 e. The third-order valence-electron chi connectivity index (χ3n) is 4.89. The Bertz CT molecular complexity index is 615. The minimum absolute atomic E-state index is 0.259. The van der Waals surface area contributed by atoms with Gasteiger partial charge < -0.3 is 10.6 Å². The minimum atomic E-state index is 0.259. The molecule has 1 heterocycles. The lowest BCUT2D eigenvalue weighted by atomic mass is 9.88. The van der Waals surface area contributed by atoms with Gasteiger partial charge >= 0.3 is 0 Å². The van der Waals surface area contributed by atoms with Gasteiger partial charge in [-0.15, -0.1) is 0 Å². The van der Waals surface area contributed by atoms with E-state index in [1.807, 2.05) is 18.3 Å². The Balaban J connectivity index is 2.14. The van der Waals surface area contributed by atoms with Crippen molar-refractivity contribution in [3.63, 3.8) is 0 Å². The van der Waals surface area contributed by atoms with Gasteiger partial charge in [0.25, 0.3) is 0 Å². The molecule has 3 nitrogen and oxygen atoms in total. The molecule has 0 spiro atoms. The molecule has 0 aliphatic heterocycles. The van der Waals surface area contributed by atoms with Gasteiger partial charge in [0.2, 0.25) is 0 Å². The summed E-state index contributed by atoms with van der Waals surface area (Å²) in [7, 11) is 0. The number of terminal acetylenes is 1. The molecule has 1 aromatic rings. The van der Waals surface area contributed by atoms with Crippen LogP contribution in [0, 0.1) is 18.4 Å². The number of allylic oxidation sites excluding steroid dienone is 2. The Morgan fingerprint density at radius 2 is 2.12 bits per heavy atom. The molecule has 1 aliphatic rings. The molecule has 0 amide bonds. The van der Waals surface area contributed by atoms with Crippen LogP contribution in [0.15, 0.2) is 42.3 Å². The van der Waals surface area contributed by atoms with Gasteiger partial charge in [0.1, 0.15) is 5.82 Å². The number of hydrogen-bond donors (Lipinski definition) is 1. The maximum absolute atomic E-state index is 5.78. The molecule has 1 saturated carbocycles. The van der Waals surface area contributed by atoms with Crippen molar-refractivity contribution in [3.05, 3.63) is 47.8 Å². The fraction of sp³-hybridized carbons (Fsp3) is 0.476. The molecular formula is C21H29N3. The molecule has 1 atom stereocenters. The second kappa shape index (κ2) is 8.59. The van der Waals surface area contributed by atoms with E-state index in [4.69, 9.17) is 12.2 Å². The van der Waals surface area contributed by atoms with E-state index in [1.54, 1.807) is 0 Å². The summed E-state index contributed by atoms with van der Waals surface area (Å²) in [6.45, 7) is 8.41. The summed E-state index contributed by atoms with van der Waals surface area (Å²) in [5, 5.41) is 0. The lowest BCUT2D eigenvalue weighted by Crippen LogP contribution is -2.29. The van der Waals surface area contributed by atoms with Crippen LogP contribution in [0.4, 0.5) is 5.82 Å². The molecule has 1 aromatic heterocycles. The first-order valence-corrected chi connectivity index (χ1v) is 8.80. The number of nitrogen functional groups attached to an aromatic ring is 1. The van der Waals surface area contributed by atoms with Gasteiger partial charge in [-0.1, -0.05) is 43.9 Å². The molecule has 1 fully saturated rings. The second-order valence-electron chi connectivity index (χ2n) is 6.90. The Kier molecular flexibility index (Phi) is 6.49. The number of nitrogens with two attached hydrogens (primary N) is 1. The first-order chi connectivity index (χ1) is 11.5. The highest BCUT2D eigenvalue weighted by Gasteiger charge is 2.20. The van der Waals surface area contributed by atoms with Crippen molar-refractivity contribution in [3.8, 4) is 12.5 Å². The van der Waals surface area contributed by atoms with Gasteiger partial charge in [-0.25, -0.2) is 4.98 Å². The monoisotopic (exact) mass is 323 g/mol. The minimum Gasteiger partial charge on any atom is -0.384 e. The van der Waals surface area contributed by atoms with Crippen molar-refractivity contribution in [2.24, 2.45) is 5.92 Å². The summed E-state index contributed by atoms with van der Waals surface area (Å²) in [5.41, 5.74) is 9.23. The molecule has 128 valence electrons. The number of hydrogen-bond acceptors (Lipinski definition) is 3. The maximum atomic E-state index is 5.78. The van der Waals surface area contributed by atoms with Gasteiger partial charge in [-0.05, 0) is 50.3 Å². The predicted octanol–water partition coefficient (Wildman–Crippen LogP) is 4.53. The Morgan fingerprint density at radius 3 is 2.67 bits per heavy atom. The van der Waals surface area contributed by atoms with E-state index in [0.717, 1.165) is 17.6 Å². The standard InChI is InChI=1S/C21H29N3/c1-5-24(19-9-7-6-8-10-19)15-17(4)20(16(2)3)13-18-11-12-21(22)23-14-18/h1,11-12,14-15,19-20H,2,6-10,13H2,3-4H3,(H2,22,23)/b17-15+/t20-/m0/s1. The van der Waals surface area contributed by atoms with Crippen LogP contribution >= 0.6 is 0 Å². The van der Waals surface area contributed by atoms with E-state index in [9.17, 15) is 0 Å². The Labute approximate surface area is 146 Å². The van der Waals surface area contributed by atoms with Crippen molar-refractivity contribution >= 4 is 5.82 Å². The van der Waals surface area contributed by atoms with E-state index in [2.05, 4.69) is 42.6 Å². The Hall–Kier alpha value is -2.21. The van der Waals surface area contributed by atoms with Crippen molar-refractivity contribution in [1.82, 2.24) is 9.88 Å². The lowest BCUT2D eigenvalue weighted by Gasteiger charge is -2.30. The summed E-state index contributed by atoms with van der Waals surface area (Å²) in [5.74, 6) is 0.809. The number of rotatable bonds is 6. The second-order valence-corrected chi connectivity index (χ2v) is 6.90. The molecule has 0 bridgehead atoms. The van der Waals surface area contributed by atoms with Crippen LogP contribution in [0.5, 0.6) is 0 Å². The number of aromatic nitrogens is 1. The average molecular weight is 323 g/mol.